The number of halogens is 2. The fourth-order valence-corrected chi connectivity index (χ4v) is 6.81. The number of hydrogen-bond acceptors (Lipinski definition) is 4. The molecule has 0 heterocycles. The molecule has 1 unspecified atom stereocenters. The molecule has 0 bridgehead atoms. The standard InChI is InChI=1S/C35H37Cl2N3O4S/c1-5-38-35(42)33(21-27-9-7-6-8-10-27)39(22-28-15-18-30(36)31(37)20-28)34(41)23-40(32-19-25(3)11-14-26(32)4)45(43,44)29-16-12-24(2)13-17-29/h6-20,33H,5,21-23H2,1-4H3,(H,38,42). The maximum Gasteiger partial charge on any atom is 0.264 e. The molecule has 45 heavy (non-hydrogen) atoms. The van der Waals surface area contributed by atoms with Gasteiger partial charge in [-0.15, -0.1) is 0 Å². The minimum atomic E-state index is -4.19. The summed E-state index contributed by atoms with van der Waals surface area (Å²) in [7, 11) is -4.19. The second kappa shape index (κ2) is 15.0. The second-order valence-electron chi connectivity index (χ2n) is 11.0. The first kappa shape index (κ1) is 34.0. The predicted molar refractivity (Wildman–Crippen MR) is 181 cm³/mol. The van der Waals surface area contributed by atoms with Crippen molar-refractivity contribution < 1.29 is 18.0 Å². The van der Waals surface area contributed by atoms with E-state index in [-0.39, 0.29) is 23.8 Å². The molecule has 0 aliphatic heterocycles. The molecule has 1 atom stereocenters. The molecule has 4 rings (SSSR count). The van der Waals surface area contributed by atoms with Gasteiger partial charge in [0, 0.05) is 19.5 Å². The molecule has 0 aromatic heterocycles. The molecule has 0 aliphatic rings. The molecule has 4 aromatic carbocycles. The maximum absolute atomic E-state index is 14.5. The highest BCUT2D eigenvalue weighted by Crippen LogP contribution is 2.29. The van der Waals surface area contributed by atoms with Gasteiger partial charge in [-0.2, -0.15) is 0 Å². The van der Waals surface area contributed by atoms with Crippen molar-refractivity contribution in [1.29, 1.82) is 0 Å². The lowest BCUT2D eigenvalue weighted by Gasteiger charge is -2.34. The quantitative estimate of drug-likeness (QED) is 0.179. The highest BCUT2D eigenvalue weighted by Gasteiger charge is 2.35. The molecule has 4 aromatic rings. The Morgan fingerprint density at radius 3 is 2.11 bits per heavy atom. The average molecular weight is 667 g/mol. The first-order valence-electron chi connectivity index (χ1n) is 14.6. The molecule has 0 saturated carbocycles. The van der Waals surface area contributed by atoms with Crippen LogP contribution in [0.3, 0.4) is 0 Å². The van der Waals surface area contributed by atoms with Crippen molar-refractivity contribution in [2.45, 2.75) is 51.6 Å². The first-order valence-corrected chi connectivity index (χ1v) is 16.8. The predicted octanol–water partition coefficient (Wildman–Crippen LogP) is 6.89. The molecule has 0 saturated heterocycles. The number of amides is 2. The van der Waals surface area contributed by atoms with E-state index < -0.39 is 28.5 Å². The van der Waals surface area contributed by atoms with Crippen molar-refractivity contribution in [1.82, 2.24) is 10.2 Å². The summed E-state index contributed by atoms with van der Waals surface area (Å²) in [4.78, 5) is 29.6. The van der Waals surface area contributed by atoms with Gasteiger partial charge in [0.1, 0.15) is 12.6 Å². The molecule has 0 spiro atoms. The van der Waals surface area contributed by atoms with E-state index in [4.69, 9.17) is 23.2 Å². The van der Waals surface area contributed by atoms with E-state index in [0.29, 0.717) is 33.4 Å². The minimum Gasteiger partial charge on any atom is -0.355 e. The van der Waals surface area contributed by atoms with Crippen LogP contribution in [0.2, 0.25) is 10.0 Å². The Labute approximate surface area is 275 Å². The lowest BCUT2D eigenvalue weighted by molar-refractivity contribution is -0.140. The van der Waals surface area contributed by atoms with Crippen LogP contribution in [0.25, 0.3) is 0 Å². The fourth-order valence-electron chi connectivity index (χ4n) is 5.02. The third-order valence-electron chi connectivity index (χ3n) is 7.48. The molecule has 0 aliphatic carbocycles. The van der Waals surface area contributed by atoms with Gasteiger partial charge in [0.15, 0.2) is 0 Å². The fraction of sp³-hybridized carbons (Fsp3) is 0.257. The van der Waals surface area contributed by atoms with Crippen LogP contribution in [0.15, 0.2) is 95.9 Å². The van der Waals surface area contributed by atoms with Crippen LogP contribution in [0.4, 0.5) is 5.69 Å². The lowest BCUT2D eigenvalue weighted by atomic mass is 10.0. The molecule has 236 valence electrons. The largest absolute Gasteiger partial charge is 0.355 e. The molecule has 0 fully saturated rings. The molecular weight excluding hydrogens is 629 g/mol. The number of carbonyl (C=O) groups is 2. The summed E-state index contributed by atoms with van der Waals surface area (Å²) in [6.07, 6.45) is 0.216. The number of sulfonamides is 1. The van der Waals surface area contributed by atoms with E-state index in [1.165, 1.54) is 17.0 Å². The van der Waals surface area contributed by atoms with Crippen molar-refractivity contribution in [3.8, 4) is 0 Å². The summed E-state index contributed by atoms with van der Waals surface area (Å²) < 4.78 is 29.6. The number of rotatable bonds is 12. The Hall–Kier alpha value is -3.85. The van der Waals surface area contributed by atoms with Gasteiger partial charge in [-0.1, -0.05) is 89.4 Å². The Balaban J connectivity index is 1.84. The summed E-state index contributed by atoms with van der Waals surface area (Å²) in [5.41, 5.74) is 4.30. The van der Waals surface area contributed by atoms with Gasteiger partial charge in [0.25, 0.3) is 10.0 Å². The molecule has 0 radical (unpaired) electrons. The Bertz CT molecular complexity index is 1760. The van der Waals surface area contributed by atoms with E-state index in [1.54, 1.807) is 50.2 Å². The zero-order valence-corrected chi connectivity index (χ0v) is 28.1. The van der Waals surface area contributed by atoms with Crippen LogP contribution in [-0.4, -0.2) is 44.3 Å². The highest BCUT2D eigenvalue weighted by atomic mass is 35.5. The number of nitrogens with zero attached hydrogens (tertiary/aromatic N) is 2. The maximum atomic E-state index is 14.5. The van der Waals surface area contributed by atoms with E-state index in [0.717, 1.165) is 21.0 Å². The van der Waals surface area contributed by atoms with Crippen LogP contribution in [0.1, 0.15) is 34.7 Å². The van der Waals surface area contributed by atoms with Gasteiger partial charge in [-0.3, -0.25) is 13.9 Å². The van der Waals surface area contributed by atoms with Crippen LogP contribution < -0.4 is 9.62 Å². The van der Waals surface area contributed by atoms with Gasteiger partial charge in [0.2, 0.25) is 11.8 Å². The smallest absolute Gasteiger partial charge is 0.264 e. The monoisotopic (exact) mass is 665 g/mol. The van der Waals surface area contributed by atoms with E-state index in [9.17, 15) is 18.0 Å². The highest BCUT2D eigenvalue weighted by molar-refractivity contribution is 7.92. The van der Waals surface area contributed by atoms with Gasteiger partial charge in [-0.05, 0) is 80.3 Å². The van der Waals surface area contributed by atoms with Crippen molar-refractivity contribution in [2.24, 2.45) is 0 Å². The number of anilines is 1. The van der Waals surface area contributed by atoms with Gasteiger partial charge in [0.05, 0.1) is 20.6 Å². The number of hydrogen-bond donors (Lipinski definition) is 1. The molecule has 10 heteroatoms. The summed E-state index contributed by atoms with van der Waals surface area (Å²) >= 11 is 12.5. The molecular formula is C35H37Cl2N3O4S. The zero-order chi connectivity index (χ0) is 32.7. The van der Waals surface area contributed by atoms with Crippen molar-refractivity contribution in [3.63, 3.8) is 0 Å². The molecule has 1 N–H and O–H groups in total. The third-order valence-corrected chi connectivity index (χ3v) is 9.99. The van der Waals surface area contributed by atoms with E-state index in [1.807, 2.05) is 56.3 Å². The number of nitrogens with one attached hydrogen (secondary N) is 1. The van der Waals surface area contributed by atoms with Crippen LogP contribution in [-0.2, 0) is 32.6 Å². The van der Waals surface area contributed by atoms with E-state index in [2.05, 4.69) is 5.32 Å². The number of aryl methyl sites for hydroxylation is 3. The number of carbonyl (C=O) groups excluding carboxylic acids is 2. The molecule has 7 nitrogen and oxygen atoms in total. The Morgan fingerprint density at radius 2 is 1.47 bits per heavy atom. The van der Waals surface area contributed by atoms with Crippen molar-refractivity contribution in [3.05, 3.63) is 129 Å². The summed E-state index contributed by atoms with van der Waals surface area (Å²) in [5, 5.41) is 3.52. The van der Waals surface area contributed by atoms with Crippen LogP contribution in [0.5, 0.6) is 0 Å². The Kier molecular flexibility index (Phi) is 11.3. The minimum absolute atomic E-state index is 0.00439. The summed E-state index contributed by atoms with van der Waals surface area (Å²) in [6.45, 7) is 7.16. The third kappa shape index (κ3) is 8.45. The van der Waals surface area contributed by atoms with Crippen molar-refractivity contribution in [2.75, 3.05) is 17.4 Å². The van der Waals surface area contributed by atoms with Gasteiger partial charge >= 0.3 is 0 Å². The zero-order valence-electron chi connectivity index (χ0n) is 25.8. The average Bonchev–Trinajstić information content (AvgIpc) is 3.01. The van der Waals surface area contributed by atoms with Gasteiger partial charge < -0.3 is 10.2 Å². The van der Waals surface area contributed by atoms with Crippen LogP contribution >= 0.6 is 23.2 Å². The van der Waals surface area contributed by atoms with E-state index >= 15 is 0 Å². The molecule has 2 amide bonds. The first-order chi connectivity index (χ1) is 21.4. The topological polar surface area (TPSA) is 86.8 Å². The lowest BCUT2D eigenvalue weighted by Crippen LogP contribution is -2.53. The van der Waals surface area contributed by atoms with Gasteiger partial charge in [-0.25, -0.2) is 8.42 Å². The summed E-state index contributed by atoms with van der Waals surface area (Å²) in [5.74, 6) is -0.903. The normalized spacial score (nSPS) is 12.0. The SMILES string of the molecule is CCNC(=O)C(Cc1ccccc1)N(Cc1ccc(Cl)c(Cl)c1)C(=O)CN(c1cc(C)ccc1C)S(=O)(=O)c1ccc(C)cc1. The van der Waals surface area contributed by atoms with Crippen molar-refractivity contribution >= 4 is 50.7 Å². The Morgan fingerprint density at radius 1 is 0.800 bits per heavy atom. The second-order valence-corrected chi connectivity index (χ2v) is 13.7. The number of benzene rings is 4. The van der Waals surface area contributed by atoms with Crippen LogP contribution in [0, 0.1) is 20.8 Å². The number of likely N-dealkylation sites (N-methyl/N-ethyl adjacent to an activating group) is 1. The summed E-state index contributed by atoms with van der Waals surface area (Å²) in [6, 6.07) is 25.4.